The minimum atomic E-state index is -1.53. The molecule has 3 N–H and O–H groups in total. The van der Waals surface area contributed by atoms with Crippen LogP contribution in [0.2, 0.25) is 5.02 Å². The van der Waals surface area contributed by atoms with Gasteiger partial charge in [-0.1, -0.05) is 44.5 Å². The largest absolute Gasteiger partial charge is 0.495 e. The van der Waals surface area contributed by atoms with Crippen LogP contribution in [-0.2, 0) is 10.2 Å². The molecule has 172 valence electrons. The molecular weight excluding hydrogens is 430 g/mol. The van der Waals surface area contributed by atoms with Crippen LogP contribution in [0, 0.1) is 0 Å². The molecular formula is C24H30ClN3O4. The maximum absolute atomic E-state index is 12.7. The van der Waals surface area contributed by atoms with E-state index in [1.165, 1.54) is 7.11 Å². The number of halogens is 1. The molecule has 2 aromatic rings. The molecule has 0 bridgehead atoms. The molecule has 1 fully saturated rings. The van der Waals surface area contributed by atoms with Gasteiger partial charge < -0.3 is 25.4 Å². The highest BCUT2D eigenvalue weighted by Gasteiger charge is 2.40. The lowest BCUT2D eigenvalue weighted by molar-refractivity contribution is -0.138. The number of nitrogens with zero attached hydrogens (tertiary/aromatic N) is 1. The average Bonchev–Trinajstić information content (AvgIpc) is 2.74. The molecule has 0 atom stereocenters. The number of ether oxygens (including phenoxy) is 1. The summed E-state index contributed by atoms with van der Waals surface area (Å²) in [5.41, 5.74) is 0.730. The number of urea groups is 1. The molecule has 8 heteroatoms. The van der Waals surface area contributed by atoms with E-state index in [4.69, 9.17) is 16.3 Å². The average molecular weight is 460 g/mol. The summed E-state index contributed by atoms with van der Waals surface area (Å²) in [5.74, 6) is 0.0331. The number of amides is 3. The summed E-state index contributed by atoms with van der Waals surface area (Å²) < 4.78 is 5.25. The van der Waals surface area contributed by atoms with Crippen molar-refractivity contribution in [1.29, 1.82) is 0 Å². The number of piperidine rings is 1. The zero-order valence-electron chi connectivity index (χ0n) is 18.9. The Bertz CT molecular complexity index is 978. The van der Waals surface area contributed by atoms with Gasteiger partial charge in [0.15, 0.2) is 0 Å². The molecule has 0 aliphatic carbocycles. The molecule has 3 amide bonds. The van der Waals surface area contributed by atoms with E-state index in [1.807, 2.05) is 24.3 Å². The van der Waals surface area contributed by atoms with E-state index >= 15 is 0 Å². The SMILES string of the molecule is COc1ccc(Cl)cc1NC(=O)N1CCC(O)(C(=O)Nc2ccc(C(C)(C)C)cc2)CC1. The summed E-state index contributed by atoms with van der Waals surface area (Å²) in [5, 5.41) is 16.9. The van der Waals surface area contributed by atoms with Gasteiger partial charge in [0.25, 0.3) is 5.91 Å². The van der Waals surface area contributed by atoms with E-state index in [0.717, 1.165) is 5.56 Å². The molecule has 1 aliphatic rings. The van der Waals surface area contributed by atoms with Crippen LogP contribution in [0.5, 0.6) is 5.75 Å². The van der Waals surface area contributed by atoms with Crippen molar-refractivity contribution in [2.24, 2.45) is 0 Å². The minimum Gasteiger partial charge on any atom is -0.495 e. The number of likely N-dealkylation sites (tertiary alicyclic amines) is 1. The van der Waals surface area contributed by atoms with Crippen LogP contribution in [0.3, 0.4) is 0 Å². The quantitative estimate of drug-likeness (QED) is 0.621. The van der Waals surface area contributed by atoms with E-state index in [9.17, 15) is 14.7 Å². The molecule has 7 nitrogen and oxygen atoms in total. The topological polar surface area (TPSA) is 90.9 Å². The van der Waals surface area contributed by atoms with Crippen LogP contribution in [0.15, 0.2) is 42.5 Å². The number of hydrogen-bond donors (Lipinski definition) is 3. The van der Waals surface area contributed by atoms with Crippen molar-refractivity contribution >= 4 is 34.9 Å². The molecule has 1 heterocycles. The first-order valence-corrected chi connectivity index (χ1v) is 10.9. The smallest absolute Gasteiger partial charge is 0.321 e. The van der Waals surface area contributed by atoms with Crippen LogP contribution in [0.4, 0.5) is 16.2 Å². The summed E-state index contributed by atoms with van der Waals surface area (Å²) in [6, 6.07) is 12.2. The third-order valence-corrected chi connectivity index (χ3v) is 5.95. The lowest BCUT2D eigenvalue weighted by Crippen LogP contribution is -2.53. The molecule has 2 aromatic carbocycles. The van der Waals surface area contributed by atoms with Crippen molar-refractivity contribution < 1.29 is 19.4 Å². The predicted octanol–water partition coefficient (Wildman–Crippen LogP) is 4.64. The zero-order chi connectivity index (χ0) is 23.5. The van der Waals surface area contributed by atoms with Gasteiger partial charge in [0.1, 0.15) is 11.4 Å². The van der Waals surface area contributed by atoms with Gasteiger partial charge in [0.2, 0.25) is 0 Å². The normalized spacial score (nSPS) is 15.8. The van der Waals surface area contributed by atoms with E-state index in [0.29, 0.717) is 22.1 Å². The minimum absolute atomic E-state index is 0.0171. The van der Waals surface area contributed by atoms with Gasteiger partial charge in [-0.15, -0.1) is 0 Å². The van der Waals surface area contributed by atoms with Crippen molar-refractivity contribution in [1.82, 2.24) is 4.90 Å². The van der Waals surface area contributed by atoms with Gasteiger partial charge in [0, 0.05) is 36.6 Å². The third kappa shape index (κ3) is 5.53. The van der Waals surface area contributed by atoms with Crippen LogP contribution < -0.4 is 15.4 Å². The number of hydrogen-bond acceptors (Lipinski definition) is 4. The highest BCUT2D eigenvalue weighted by atomic mass is 35.5. The van der Waals surface area contributed by atoms with Crippen molar-refractivity contribution in [2.75, 3.05) is 30.8 Å². The molecule has 0 saturated carbocycles. The van der Waals surface area contributed by atoms with Gasteiger partial charge in [-0.3, -0.25) is 4.79 Å². The maximum Gasteiger partial charge on any atom is 0.321 e. The number of anilines is 2. The van der Waals surface area contributed by atoms with Gasteiger partial charge in [-0.05, 0) is 41.3 Å². The number of benzene rings is 2. The standard InChI is InChI=1S/C24H30ClN3O4/c1-23(2,3)16-5-8-18(9-6-16)26-21(29)24(31)11-13-28(14-12-24)22(30)27-19-15-17(25)7-10-20(19)32-4/h5-10,15,31H,11-14H2,1-4H3,(H,26,29)(H,27,30). The van der Waals surface area contributed by atoms with Gasteiger partial charge in [-0.2, -0.15) is 0 Å². The molecule has 0 spiro atoms. The number of rotatable bonds is 4. The Balaban J connectivity index is 1.58. The van der Waals surface area contributed by atoms with Crippen molar-refractivity contribution in [3.8, 4) is 5.75 Å². The number of carbonyl (C=O) groups is 2. The first-order valence-electron chi connectivity index (χ1n) is 10.6. The number of aliphatic hydroxyl groups is 1. The Labute approximate surface area is 193 Å². The Morgan fingerprint density at radius 2 is 1.69 bits per heavy atom. The van der Waals surface area contributed by atoms with E-state index in [1.54, 1.807) is 23.1 Å². The van der Waals surface area contributed by atoms with Gasteiger partial charge >= 0.3 is 6.03 Å². The Morgan fingerprint density at radius 1 is 1.06 bits per heavy atom. The number of nitrogens with one attached hydrogen (secondary N) is 2. The molecule has 1 aliphatic heterocycles. The first kappa shape index (κ1) is 23.9. The van der Waals surface area contributed by atoms with E-state index < -0.39 is 11.5 Å². The lowest BCUT2D eigenvalue weighted by atomic mass is 9.87. The molecule has 0 radical (unpaired) electrons. The monoisotopic (exact) mass is 459 g/mol. The van der Waals surface area contributed by atoms with Crippen LogP contribution in [-0.4, -0.2) is 47.7 Å². The first-order chi connectivity index (χ1) is 15.0. The molecule has 0 aromatic heterocycles. The van der Waals surface area contributed by atoms with Crippen molar-refractivity contribution in [3.05, 3.63) is 53.1 Å². The fourth-order valence-electron chi connectivity index (χ4n) is 3.58. The summed E-state index contributed by atoms with van der Waals surface area (Å²) in [6.07, 6.45) is 0.276. The third-order valence-electron chi connectivity index (χ3n) is 5.71. The van der Waals surface area contributed by atoms with Crippen molar-refractivity contribution in [2.45, 2.75) is 44.6 Å². The summed E-state index contributed by atoms with van der Waals surface area (Å²) in [4.78, 5) is 27.0. The molecule has 3 rings (SSSR count). The Hall–Kier alpha value is -2.77. The Morgan fingerprint density at radius 3 is 2.25 bits per heavy atom. The van der Waals surface area contributed by atoms with Gasteiger partial charge in [-0.25, -0.2) is 4.79 Å². The molecule has 32 heavy (non-hydrogen) atoms. The second-order valence-corrected chi connectivity index (χ2v) is 9.51. The molecule has 0 unspecified atom stereocenters. The fourth-order valence-corrected chi connectivity index (χ4v) is 3.75. The summed E-state index contributed by atoms with van der Waals surface area (Å²) in [6.45, 7) is 6.84. The number of methoxy groups -OCH3 is 1. The van der Waals surface area contributed by atoms with Crippen LogP contribution in [0.25, 0.3) is 0 Å². The molecule has 1 saturated heterocycles. The summed E-state index contributed by atoms with van der Waals surface area (Å²) in [7, 11) is 1.51. The van der Waals surface area contributed by atoms with E-state index in [2.05, 4.69) is 31.4 Å². The second-order valence-electron chi connectivity index (χ2n) is 9.07. The van der Waals surface area contributed by atoms with Crippen LogP contribution >= 0.6 is 11.6 Å². The highest BCUT2D eigenvalue weighted by molar-refractivity contribution is 6.31. The van der Waals surface area contributed by atoms with E-state index in [-0.39, 0.29) is 37.4 Å². The predicted molar refractivity (Wildman–Crippen MR) is 127 cm³/mol. The van der Waals surface area contributed by atoms with Crippen LogP contribution in [0.1, 0.15) is 39.2 Å². The zero-order valence-corrected chi connectivity index (χ0v) is 19.6. The lowest BCUT2D eigenvalue weighted by Gasteiger charge is -2.37. The maximum atomic E-state index is 12.7. The van der Waals surface area contributed by atoms with Gasteiger partial charge in [0.05, 0.1) is 12.8 Å². The second kappa shape index (κ2) is 9.38. The van der Waals surface area contributed by atoms with Crippen molar-refractivity contribution in [3.63, 3.8) is 0 Å². The highest BCUT2D eigenvalue weighted by Crippen LogP contribution is 2.30. The fraction of sp³-hybridized carbons (Fsp3) is 0.417. The summed E-state index contributed by atoms with van der Waals surface area (Å²) >= 11 is 6.01. The Kier molecular flexibility index (Phi) is 7.00. The number of carbonyl (C=O) groups excluding carboxylic acids is 2.